The van der Waals surface area contributed by atoms with Gasteiger partial charge in [-0.3, -0.25) is 10.1 Å². The van der Waals surface area contributed by atoms with Crippen LogP contribution in [0, 0.1) is 15.9 Å². The molecular weight excluding hydrogens is 223 g/mol. The molecule has 4 nitrogen and oxygen atoms in total. The van der Waals surface area contributed by atoms with Gasteiger partial charge in [0.15, 0.2) is 0 Å². The molecule has 2 aromatic rings. The molecule has 0 N–H and O–H groups in total. The monoisotopic (exact) mass is 226 g/mol. The van der Waals surface area contributed by atoms with Crippen LogP contribution in [-0.2, 0) is 0 Å². The Balaban J connectivity index is 2.81. The van der Waals surface area contributed by atoms with Crippen molar-refractivity contribution in [3.8, 4) is 0 Å². The summed E-state index contributed by atoms with van der Waals surface area (Å²) in [6.07, 6.45) is 0.939. The minimum absolute atomic E-state index is 0.101. The van der Waals surface area contributed by atoms with Gasteiger partial charge in [0, 0.05) is 22.9 Å². The first kappa shape index (κ1) is 9.79. The molecule has 1 aromatic heterocycles. The van der Waals surface area contributed by atoms with E-state index in [-0.39, 0.29) is 16.2 Å². The Hall–Kier alpha value is -1.75. The summed E-state index contributed by atoms with van der Waals surface area (Å²) in [5.74, 6) is -0.627. The van der Waals surface area contributed by atoms with E-state index in [9.17, 15) is 14.5 Å². The average molecular weight is 227 g/mol. The maximum atomic E-state index is 13.3. The van der Waals surface area contributed by atoms with Gasteiger partial charge in [-0.1, -0.05) is 11.6 Å². The fourth-order valence-electron chi connectivity index (χ4n) is 1.28. The molecule has 0 aliphatic rings. The Bertz CT molecular complexity index is 559. The lowest BCUT2D eigenvalue weighted by molar-refractivity contribution is -0.384. The minimum Gasteiger partial charge on any atom is -0.258 e. The molecule has 2 rings (SSSR count). The van der Waals surface area contributed by atoms with Crippen molar-refractivity contribution in [2.24, 2.45) is 0 Å². The van der Waals surface area contributed by atoms with Crippen molar-refractivity contribution >= 4 is 28.1 Å². The number of pyridine rings is 1. The van der Waals surface area contributed by atoms with Gasteiger partial charge >= 0.3 is 0 Å². The van der Waals surface area contributed by atoms with Crippen LogP contribution in [0.5, 0.6) is 0 Å². The average Bonchev–Trinajstić information content (AvgIpc) is 2.23. The molecule has 0 saturated carbocycles. The number of halogens is 2. The first-order chi connectivity index (χ1) is 7.09. The number of benzene rings is 1. The van der Waals surface area contributed by atoms with Crippen molar-refractivity contribution in [2.45, 2.75) is 0 Å². The summed E-state index contributed by atoms with van der Waals surface area (Å²) in [4.78, 5) is 13.5. The third-order valence-electron chi connectivity index (χ3n) is 1.98. The molecule has 6 heteroatoms. The Morgan fingerprint density at radius 3 is 2.80 bits per heavy atom. The summed E-state index contributed by atoms with van der Waals surface area (Å²) >= 11 is 5.71. The van der Waals surface area contributed by atoms with Gasteiger partial charge in [0.2, 0.25) is 0 Å². The number of rotatable bonds is 1. The lowest BCUT2D eigenvalue weighted by Gasteiger charge is -2.00. The molecule has 0 aliphatic carbocycles. The van der Waals surface area contributed by atoms with Crippen LogP contribution in [0.15, 0.2) is 24.4 Å². The number of nitro benzene ring substituents is 1. The molecule has 76 valence electrons. The van der Waals surface area contributed by atoms with Crippen molar-refractivity contribution in [1.29, 1.82) is 0 Å². The van der Waals surface area contributed by atoms with Crippen LogP contribution in [-0.4, -0.2) is 9.91 Å². The molecule has 0 amide bonds. The maximum absolute atomic E-state index is 13.3. The molecule has 1 aromatic carbocycles. The summed E-state index contributed by atoms with van der Waals surface area (Å²) in [6, 6.07) is 3.78. The molecule has 15 heavy (non-hydrogen) atoms. The van der Waals surface area contributed by atoms with Crippen molar-refractivity contribution in [3.63, 3.8) is 0 Å². The highest BCUT2D eigenvalue weighted by Gasteiger charge is 2.11. The summed E-state index contributed by atoms with van der Waals surface area (Å²) < 4.78 is 13.3. The van der Waals surface area contributed by atoms with Crippen LogP contribution in [0.3, 0.4) is 0 Å². The highest BCUT2D eigenvalue weighted by molar-refractivity contribution is 6.34. The number of hydrogen-bond donors (Lipinski definition) is 0. The Labute approximate surface area is 88.5 Å². The molecule has 0 bridgehead atoms. The minimum atomic E-state index is -0.627. The molecule has 0 atom stereocenters. The van der Waals surface area contributed by atoms with Gasteiger partial charge in [-0.25, -0.2) is 9.37 Å². The van der Waals surface area contributed by atoms with E-state index in [0.29, 0.717) is 5.39 Å². The molecule has 0 fully saturated rings. The van der Waals surface area contributed by atoms with Crippen LogP contribution in [0.25, 0.3) is 10.8 Å². The number of fused-ring (bicyclic) bond motifs is 1. The molecular formula is C9H4ClFN2O2. The normalized spacial score (nSPS) is 10.5. The number of non-ortho nitro benzene ring substituents is 1. The number of aromatic nitrogens is 1. The highest BCUT2D eigenvalue weighted by Crippen LogP contribution is 2.27. The summed E-state index contributed by atoms with van der Waals surface area (Å²) in [6.45, 7) is 0. The maximum Gasteiger partial charge on any atom is 0.270 e. The first-order valence-corrected chi connectivity index (χ1v) is 4.35. The first-order valence-electron chi connectivity index (χ1n) is 3.98. The predicted octanol–water partition coefficient (Wildman–Crippen LogP) is 2.94. The predicted molar refractivity (Wildman–Crippen MR) is 53.4 cm³/mol. The standard InChI is InChI=1S/C9H4ClFN2O2/c10-9-6-2-1-5(13(14)15)3-7(6)8(11)4-12-9/h1-4H. The highest BCUT2D eigenvalue weighted by atomic mass is 35.5. The summed E-state index contributed by atoms with van der Waals surface area (Å²) in [5, 5.41) is 11.1. The molecule has 0 unspecified atom stereocenters. The van der Waals surface area contributed by atoms with Gasteiger partial charge in [0.1, 0.15) is 11.0 Å². The second-order valence-corrected chi connectivity index (χ2v) is 3.24. The van der Waals surface area contributed by atoms with E-state index < -0.39 is 10.7 Å². The Kier molecular flexibility index (Phi) is 2.24. The summed E-state index contributed by atoms with van der Waals surface area (Å²) in [7, 11) is 0. The van der Waals surface area contributed by atoms with E-state index in [4.69, 9.17) is 11.6 Å². The van der Waals surface area contributed by atoms with Crippen molar-refractivity contribution < 1.29 is 9.31 Å². The SMILES string of the molecule is O=[N+]([O-])c1ccc2c(Cl)ncc(F)c2c1. The smallest absolute Gasteiger partial charge is 0.258 e. The third kappa shape index (κ3) is 1.61. The molecule has 0 aliphatic heterocycles. The van der Waals surface area contributed by atoms with Gasteiger partial charge in [0.25, 0.3) is 5.69 Å². The lowest BCUT2D eigenvalue weighted by atomic mass is 10.1. The Morgan fingerprint density at radius 1 is 1.40 bits per heavy atom. The van der Waals surface area contributed by atoms with E-state index in [1.807, 2.05) is 0 Å². The Morgan fingerprint density at radius 2 is 2.13 bits per heavy atom. The van der Waals surface area contributed by atoms with Crippen LogP contribution in [0.2, 0.25) is 5.15 Å². The van der Waals surface area contributed by atoms with Crippen LogP contribution in [0.1, 0.15) is 0 Å². The fraction of sp³-hybridized carbons (Fsp3) is 0. The zero-order valence-corrected chi connectivity index (χ0v) is 8.03. The van der Waals surface area contributed by atoms with Gasteiger partial charge in [0.05, 0.1) is 11.1 Å². The van der Waals surface area contributed by atoms with E-state index in [0.717, 1.165) is 12.3 Å². The number of nitro groups is 1. The van der Waals surface area contributed by atoms with Gasteiger partial charge in [-0.2, -0.15) is 0 Å². The van der Waals surface area contributed by atoms with Gasteiger partial charge < -0.3 is 0 Å². The fourth-order valence-corrected chi connectivity index (χ4v) is 1.49. The summed E-state index contributed by atoms with van der Waals surface area (Å²) in [5.41, 5.74) is -0.177. The van der Waals surface area contributed by atoms with E-state index in [1.165, 1.54) is 12.1 Å². The molecule has 0 spiro atoms. The molecule has 0 saturated heterocycles. The second kappa shape index (κ2) is 3.43. The van der Waals surface area contributed by atoms with Crippen LogP contribution in [0.4, 0.5) is 10.1 Å². The van der Waals surface area contributed by atoms with E-state index >= 15 is 0 Å². The lowest BCUT2D eigenvalue weighted by Crippen LogP contribution is -1.90. The van der Waals surface area contributed by atoms with E-state index in [1.54, 1.807) is 0 Å². The largest absolute Gasteiger partial charge is 0.270 e. The third-order valence-corrected chi connectivity index (χ3v) is 2.29. The zero-order chi connectivity index (χ0) is 11.0. The quantitative estimate of drug-likeness (QED) is 0.427. The molecule has 0 radical (unpaired) electrons. The topological polar surface area (TPSA) is 56.0 Å². The van der Waals surface area contributed by atoms with Gasteiger partial charge in [-0.05, 0) is 6.07 Å². The molecule has 1 heterocycles. The zero-order valence-electron chi connectivity index (χ0n) is 7.28. The second-order valence-electron chi connectivity index (χ2n) is 2.88. The van der Waals surface area contributed by atoms with Crippen LogP contribution < -0.4 is 0 Å². The van der Waals surface area contributed by atoms with Crippen LogP contribution >= 0.6 is 11.6 Å². The number of nitrogens with zero attached hydrogens (tertiary/aromatic N) is 2. The number of hydrogen-bond acceptors (Lipinski definition) is 3. The van der Waals surface area contributed by atoms with Crippen molar-refractivity contribution in [3.05, 3.63) is 45.5 Å². The van der Waals surface area contributed by atoms with Crippen molar-refractivity contribution in [2.75, 3.05) is 0 Å². The van der Waals surface area contributed by atoms with Gasteiger partial charge in [-0.15, -0.1) is 0 Å². The van der Waals surface area contributed by atoms with Crippen molar-refractivity contribution in [1.82, 2.24) is 4.98 Å². The van der Waals surface area contributed by atoms with E-state index in [2.05, 4.69) is 4.98 Å².